The van der Waals surface area contributed by atoms with E-state index in [0.717, 1.165) is 22.0 Å². The molecule has 0 aliphatic rings. The van der Waals surface area contributed by atoms with Crippen LogP contribution >= 0.6 is 9.42 Å². The third kappa shape index (κ3) is 4.21. The molecule has 5 nitrogen and oxygen atoms in total. The van der Waals surface area contributed by atoms with E-state index in [1.54, 1.807) is 25.0 Å². The Labute approximate surface area is 137 Å². The van der Waals surface area contributed by atoms with Gasteiger partial charge in [-0.05, 0) is 18.6 Å². The summed E-state index contributed by atoms with van der Waals surface area (Å²) in [5, 5.41) is 5.83. The number of pyridine rings is 1. The topological polar surface area (TPSA) is 91.4 Å². The number of nitrogen functional groups attached to an aromatic ring is 1. The fourth-order valence-corrected chi connectivity index (χ4v) is 1.82. The van der Waals surface area contributed by atoms with E-state index in [-0.39, 0.29) is 5.11 Å². The van der Waals surface area contributed by atoms with Gasteiger partial charge in [0.2, 0.25) is 0 Å². The molecule has 0 unspecified atom stereocenters. The molecule has 0 amide bonds. The molecule has 0 atom stereocenters. The van der Waals surface area contributed by atoms with E-state index in [2.05, 4.69) is 37.1 Å². The Morgan fingerprint density at radius 1 is 1.50 bits per heavy atom. The molecule has 0 saturated heterocycles. The number of nitrogens with two attached hydrogens (primary N) is 2. The fraction of sp³-hybridized carbons (Fsp3) is 0.0833. The summed E-state index contributed by atoms with van der Waals surface area (Å²) in [4.78, 5) is 4.30. The molecule has 2 aromatic rings. The number of halogens is 1. The molecule has 2 rings (SSSR count). The molecule has 0 aliphatic heterocycles. The first-order valence-corrected chi connectivity index (χ1v) is 8.67. The quantitative estimate of drug-likeness (QED) is 0.168. The number of rotatable bonds is 2. The van der Waals surface area contributed by atoms with Gasteiger partial charge in [0.1, 0.15) is 0 Å². The van der Waals surface area contributed by atoms with Gasteiger partial charge in [-0.2, -0.15) is 0 Å². The molecule has 1 aromatic heterocycles. The zero-order valence-corrected chi connectivity index (χ0v) is 14.4. The zero-order chi connectivity index (χ0) is 15.1. The summed E-state index contributed by atoms with van der Waals surface area (Å²) >= 11 is 5.44. The number of hydrogen-bond acceptors (Lipinski definition) is 3. The maximum atomic E-state index is 5.97. The number of benzene rings is 1. The van der Waals surface area contributed by atoms with Crippen LogP contribution in [0.25, 0.3) is 16.2 Å². The Bertz CT molecular complexity index is 639. The number of hydrogen-bond donors (Lipinski definition) is 2. The Kier molecular flexibility index (Phi) is 7.02. The average Bonchev–Trinajstić information content (AvgIpc) is 2.43. The average molecular weight is 490 g/mol. The number of aromatic nitrogens is 1. The Morgan fingerprint density at radius 3 is 2.85 bits per heavy atom. The van der Waals surface area contributed by atoms with Crippen molar-refractivity contribution in [1.82, 2.24) is 4.98 Å². The molecule has 0 saturated carbocycles. The van der Waals surface area contributed by atoms with Crippen LogP contribution in [0.5, 0.6) is 0 Å². The van der Waals surface area contributed by atoms with Gasteiger partial charge in [0.15, 0.2) is 17.3 Å². The molecule has 0 bridgehead atoms. The maximum absolute atomic E-state index is 5.97. The van der Waals surface area contributed by atoms with Crippen LogP contribution in [0.3, 0.4) is 0 Å². The SMILES string of the molecule is Cc1cnc(C=N[N-]C(N)=[SH+])c2cccc(N)c12.[Cl][Pt]. The van der Waals surface area contributed by atoms with E-state index in [1.165, 1.54) is 6.21 Å². The minimum absolute atomic E-state index is 0.0992. The van der Waals surface area contributed by atoms with E-state index in [4.69, 9.17) is 11.5 Å². The van der Waals surface area contributed by atoms with Crippen molar-refractivity contribution in [1.29, 1.82) is 0 Å². The van der Waals surface area contributed by atoms with Crippen molar-refractivity contribution in [3.8, 4) is 0 Å². The van der Waals surface area contributed by atoms with Crippen molar-refractivity contribution in [3.63, 3.8) is 0 Å². The van der Waals surface area contributed by atoms with Crippen LogP contribution in [0.2, 0.25) is 0 Å². The minimum atomic E-state index is 0.0992. The number of aryl methyl sites for hydroxylation is 1. The zero-order valence-electron chi connectivity index (χ0n) is 10.5. The van der Waals surface area contributed by atoms with Gasteiger partial charge < -0.3 is 16.3 Å². The summed E-state index contributed by atoms with van der Waals surface area (Å²) in [6.07, 6.45) is 3.29. The molecule has 1 aromatic carbocycles. The monoisotopic (exact) mass is 489 g/mol. The van der Waals surface area contributed by atoms with Gasteiger partial charge in [0.25, 0.3) is 0 Å². The van der Waals surface area contributed by atoms with Crippen molar-refractivity contribution >= 4 is 49.4 Å². The summed E-state index contributed by atoms with van der Waals surface area (Å²) in [5.41, 5.74) is 17.3. The van der Waals surface area contributed by atoms with E-state index in [9.17, 15) is 0 Å². The molecular weight excluding hydrogens is 477 g/mol. The molecule has 0 aliphatic carbocycles. The summed E-state index contributed by atoms with van der Waals surface area (Å²) < 4.78 is 0. The van der Waals surface area contributed by atoms with Crippen LogP contribution in [0.15, 0.2) is 29.5 Å². The van der Waals surface area contributed by atoms with Crippen molar-refractivity contribution < 1.29 is 18.8 Å². The van der Waals surface area contributed by atoms with E-state index < -0.39 is 0 Å². The Morgan fingerprint density at radius 2 is 2.20 bits per heavy atom. The summed E-state index contributed by atoms with van der Waals surface area (Å²) in [6.45, 7) is 1.97. The van der Waals surface area contributed by atoms with Crippen LogP contribution < -0.4 is 11.5 Å². The fourth-order valence-electron chi connectivity index (χ4n) is 1.77. The third-order valence-corrected chi connectivity index (χ3v) is 2.59. The molecule has 109 valence electrons. The molecule has 20 heavy (non-hydrogen) atoms. The standard InChI is InChI=1S/C12H13N5S.ClH.Pt/c1-7-5-15-10(6-16-17-12(14)18)8-3-2-4-9(13)11(7)8;;/h2-6H,1H3,(H5,13,14,15,16,17,18);1H;/q;;+1/p-1. The predicted octanol–water partition coefficient (Wildman–Crippen LogP) is 1.85. The Balaban J connectivity index is 0.000000956. The van der Waals surface area contributed by atoms with Gasteiger partial charge in [0.05, 0.1) is 5.69 Å². The van der Waals surface area contributed by atoms with Gasteiger partial charge in [-0.15, -0.1) is 0 Å². The van der Waals surface area contributed by atoms with Crippen molar-refractivity contribution in [3.05, 3.63) is 41.1 Å². The van der Waals surface area contributed by atoms with Crippen molar-refractivity contribution in [2.75, 3.05) is 5.73 Å². The van der Waals surface area contributed by atoms with Crippen LogP contribution in [0.4, 0.5) is 5.69 Å². The van der Waals surface area contributed by atoms with E-state index in [0.29, 0.717) is 5.69 Å². The normalized spacial score (nSPS) is 10.2. The number of nitrogens with zero attached hydrogens (tertiary/aromatic N) is 3. The van der Waals surface area contributed by atoms with Crippen LogP contribution in [-0.4, -0.2) is 16.3 Å². The molecule has 4 N–H and O–H groups in total. The first kappa shape index (κ1) is 17.0. The molecule has 0 fully saturated rings. The molecule has 1 heterocycles. The summed E-state index contributed by atoms with van der Waals surface area (Å²) in [7, 11) is 4.61. The molecule has 0 radical (unpaired) electrons. The second kappa shape index (κ2) is 8.27. The Hall–Kier alpha value is -1.07. The summed E-state index contributed by atoms with van der Waals surface area (Å²) in [5.74, 6) is 0. The predicted molar refractivity (Wildman–Crippen MR) is 85.7 cm³/mol. The molecular formula is C12H13ClN5PtS. The first-order valence-electron chi connectivity index (χ1n) is 5.41. The van der Waals surface area contributed by atoms with Crippen molar-refractivity contribution in [2.45, 2.75) is 6.92 Å². The van der Waals surface area contributed by atoms with Gasteiger partial charge in [-0.3, -0.25) is 10.7 Å². The van der Waals surface area contributed by atoms with Gasteiger partial charge in [-0.25, -0.2) is 0 Å². The second-order valence-corrected chi connectivity index (χ2v) is 4.26. The molecule has 0 spiro atoms. The van der Waals surface area contributed by atoms with Gasteiger partial charge >= 0.3 is 28.2 Å². The molecule has 8 heteroatoms. The first-order chi connectivity index (χ1) is 9.59. The van der Waals surface area contributed by atoms with Crippen LogP contribution in [-0.2, 0) is 31.0 Å². The van der Waals surface area contributed by atoms with Gasteiger partial charge in [0, 0.05) is 28.9 Å². The van der Waals surface area contributed by atoms with Crippen LogP contribution in [0, 0.1) is 6.92 Å². The third-order valence-electron chi connectivity index (χ3n) is 2.50. The number of thiol groups is 1. The number of anilines is 1. The van der Waals surface area contributed by atoms with E-state index in [1.807, 2.05) is 25.1 Å². The summed E-state index contributed by atoms with van der Waals surface area (Å²) in [6, 6.07) is 5.69. The second-order valence-electron chi connectivity index (χ2n) is 3.80. The number of fused-ring (bicyclic) bond motifs is 1. The van der Waals surface area contributed by atoms with Crippen LogP contribution in [0.1, 0.15) is 11.3 Å². The van der Waals surface area contributed by atoms with Gasteiger partial charge in [-0.1, -0.05) is 12.1 Å². The van der Waals surface area contributed by atoms with Crippen molar-refractivity contribution in [2.24, 2.45) is 10.8 Å². The van der Waals surface area contributed by atoms with E-state index >= 15 is 0 Å².